The molecule has 2 rings (SSSR count). The molecule has 2 heterocycles. The molecule has 134 valence electrons. The van der Waals surface area contributed by atoms with Crippen molar-refractivity contribution in [3.63, 3.8) is 0 Å². The monoisotopic (exact) mass is 341 g/mol. The van der Waals surface area contributed by atoms with Crippen LogP contribution >= 0.6 is 0 Å². The van der Waals surface area contributed by atoms with Crippen LogP contribution in [0.4, 0.5) is 0 Å². The predicted octanol–water partition coefficient (Wildman–Crippen LogP) is -1.40. The summed E-state index contributed by atoms with van der Waals surface area (Å²) in [7, 11) is 0. The number of nitrogens with zero attached hydrogens (tertiary/aromatic N) is 2. The summed E-state index contributed by atoms with van der Waals surface area (Å²) in [6.45, 7) is 4.18. The van der Waals surface area contributed by atoms with Gasteiger partial charge in [0.15, 0.2) is 23.9 Å². The molecule has 0 aromatic carbocycles. The number of aliphatic carboxylic acids is 1. The smallest absolute Gasteiger partial charge is 0.337 e. The number of aliphatic imine (C=N–C) groups is 2. The van der Waals surface area contributed by atoms with Crippen molar-refractivity contribution < 1.29 is 34.7 Å². The number of carboxylic acids is 1. The fourth-order valence-corrected chi connectivity index (χ4v) is 2.16. The van der Waals surface area contributed by atoms with Crippen molar-refractivity contribution in [2.24, 2.45) is 9.98 Å². The molecular formula is C15H23N3O6. The van der Waals surface area contributed by atoms with E-state index < -0.39 is 18.0 Å². The van der Waals surface area contributed by atoms with Gasteiger partial charge in [0.1, 0.15) is 0 Å². The van der Waals surface area contributed by atoms with Gasteiger partial charge >= 0.3 is 11.9 Å². The number of quaternary nitrogens is 1. The number of cyclic esters (lactones) is 2. The van der Waals surface area contributed by atoms with Crippen molar-refractivity contribution in [3.8, 4) is 0 Å². The fraction of sp³-hybridized carbons (Fsp3) is 0.667. The van der Waals surface area contributed by atoms with E-state index in [9.17, 15) is 19.5 Å². The summed E-state index contributed by atoms with van der Waals surface area (Å²) in [4.78, 5) is 39.8. The fourth-order valence-electron chi connectivity index (χ4n) is 2.16. The second-order valence-electron chi connectivity index (χ2n) is 5.43. The summed E-state index contributed by atoms with van der Waals surface area (Å²) >= 11 is 0. The maximum absolute atomic E-state index is 11.0. The second kappa shape index (κ2) is 9.76. The molecule has 9 heteroatoms. The third-order valence-corrected chi connectivity index (χ3v) is 3.32. The van der Waals surface area contributed by atoms with E-state index in [1.54, 1.807) is 13.8 Å². The zero-order chi connectivity index (χ0) is 18.1. The largest absolute Gasteiger partial charge is 0.550 e. The lowest BCUT2D eigenvalue weighted by Crippen LogP contribution is -2.50. The van der Waals surface area contributed by atoms with Gasteiger partial charge in [-0.3, -0.25) is 0 Å². The van der Waals surface area contributed by atoms with Crippen LogP contribution in [0.3, 0.4) is 0 Å². The summed E-state index contributed by atoms with van der Waals surface area (Å²) in [6.07, 6.45) is 2.83. The summed E-state index contributed by atoms with van der Waals surface area (Å²) in [6, 6.07) is -0.889. The number of esters is 2. The standard InChI is InChI=1S/C8H14N2O2.C7H9NO4/c1-6-10-7(8(11)12-6)4-2-3-5-9;1-4-8-5(7(11)12-4)2-3-6(9)10/h7H,2-5,9H2,1H3;5H,2-3H2,1H3,(H,9,10). The molecule has 2 unspecified atom stereocenters. The second-order valence-corrected chi connectivity index (χ2v) is 5.43. The van der Waals surface area contributed by atoms with Crippen molar-refractivity contribution in [1.29, 1.82) is 0 Å². The highest BCUT2D eigenvalue weighted by Gasteiger charge is 2.26. The quantitative estimate of drug-likeness (QED) is 0.445. The van der Waals surface area contributed by atoms with Crippen LogP contribution < -0.4 is 10.8 Å². The van der Waals surface area contributed by atoms with Crippen LogP contribution in [0.5, 0.6) is 0 Å². The van der Waals surface area contributed by atoms with Crippen LogP contribution in [-0.4, -0.2) is 48.3 Å². The van der Waals surface area contributed by atoms with Gasteiger partial charge in [0, 0.05) is 19.8 Å². The summed E-state index contributed by atoms with van der Waals surface area (Å²) in [5, 5.41) is 10.0. The molecule has 9 nitrogen and oxygen atoms in total. The van der Waals surface area contributed by atoms with E-state index in [0.717, 1.165) is 25.8 Å². The molecule has 24 heavy (non-hydrogen) atoms. The topological polar surface area (TPSA) is 145 Å². The zero-order valence-corrected chi connectivity index (χ0v) is 13.9. The Balaban J connectivity index is 0.000000240. The molecular weight excluding hydrogens is 318 g/mol. The number of carbonyl (C=O) groups is 3. The normalized spacial score (nSPS) is 22.1. The van der Waals surface area contributed by atoms with Gasteiger partial charge in [-0.1, -0.05) is 0 Å². The molecule has 2 aliphatic heterocycles. The van der Waals surface area contributed by atoms with Crippen LogP contribution in [0.15, 0.2) is 9.98 Å². The number of hydrogen-bond donors (Lipinski definition) is 1. The van der Waals surface area contributed by atoms with E-state index in [-0.39, 0.29) is 24.9 Å². The van der Waals surface area contributed by atoms with Crippen molar-refractivity contribution >= 4 is 29.7 Å². The molecule has 0 radical (unpaired) electrons. The van der Waals surface area contributed by atoms with Crippen molar-refractivity contribution in [3.05, 3.63) is 0 Å². The van der Waals surface area contributed by atoms with Crippen molar-refractivity contribution in [1.82, 2.24) is 0 Å². The van der Waals surface area contributed by atoms with Crippen LogP contribution in [0.1, 0.15) is 46.0 Å². The van der Waals surface area contributed by atoms with E-state index in [0.29, 0.717) is 11.8 Å². The van der Waals surface area contributed by atoms with Gasteiger partial charge in [0.05, 0.1) is 6.54 Å². The predicted molar refractivity (Wildman–Crippen MR) is 81.8 cm³/mol. The molecule has 0 aromatic rings. The van der Waals surface area contributed by atoms with E-state index in [1.165, 1.54) is 0 Å². The minimum Gasteiger partial charge on any atom is -0.550 e. The number of carbonyl (C=O) groups excluding carboxylic acids is 3. The molecule has 0 spiro atoms. The Labute approximate surface area is 139 Å². The van der Waals surface area contributed by atoms with Crippen molar-refractivity contribution in [2.75, 3.05) is 6.54 Å². The first-order valence-electron chi connectivity index (χ1n) is 7.84. The van der Waals surface area contributed by atoms with Crippen LogP contribution in [0.25, 0.3) is 0 Å². The van der Waals surface area contributed by atoms with Crippen LogP contribution in [0.2, 0.25) is 0 Å². The van der Waals surface area contributed by atoms with Crippen LogP contribution in [0, 0.1) is 0 Å². The Morgan fingerprint density at radius 1 is 1.04 bits per heavy atom. The number of rotatable bonds is 7. The average Bonchev–Trinajstić information content (AvgIpc) is 2.99. The van der Waals surface area contributed by atoms with Crippen LogP contribution in [-0.2, 0) is 23.9 Å². The highest BCUT2D eigenvalue weighted by Crippen LogP contribution is 2.13. The molecule has 0 amide bonds. The Morgan fingerprint density at radius 2 is 1.54 bits per heavy atom. The SMILES string of the molecule is CC1=NC(CCC(=O)[O-])C(=O)O1.CC1=NC(CCCC[NH3+])C(=O)O1. The van der Waals surface area contributed by atoms with Gasteiger partial charge in [-0.05, 0) is 32.1 Å². The maximum atomic E-state index is 11.0. The molecule has 0 aliphatic carbocycles. The number of ether oxygens (including phenoxy) is 2. The minimum atomic E-state index is -1.18. The molecule has 0 aromatic heterocycles. The Bertz CT molecular complexity index is 543. The molecule has 0 fully saturated rings. The molecule has 0 saturated heterocycles. The first kappa shape index (κ1) is 19.8. The molecule has 3 N–H and O–H groups in total. The van der Waals surface area contributed by atoms with Gasteiger partial charge < -0.3 is 25.1 Å². The van der Waals surface area contributed by atoms with Gasteiger partial charge in [-0.15, -0.1) is 0 Å². The first-order valence-corrected chi connectivity index (χ1v) is 7.84. The summed E-state index contributed by atoms with van der Waals surface area (Å²) in [5.74, 6) is -1.06. The third kappa shape index (κ3) is 6.86. The van der Waals surface area contributed by atoms with E-state index in [4.69, 9.17) is 4.74 Å². The minimum absolute atomic E-state index is 0.151. The Hall–Kier alpha value is -2.29. The summed E-state index contributed by atoms with van der Waals surface area (Å²) in [5.41, 5.74) is 3.73. The molecule has 2 aliphatic rings. The average molecular weight is 341 g/mol. The highest BCUT2D eigenvalue weighted by molar-refractivity contribution is 5.96. The van der Waals surface area contributed by atoms with Crippen molar-refractivity contribution in [2.45, 2.75) is 58.0 Å². The number of unbranched alkanes of at least 4 members (excludes halogenated alkanes) is 1. The molecule has 0 bridgehead atoms. The van der Waals surface area contributed by atoms with E-state index >= 15 is 0 Å². The van der Waals surface area contributed by atoms with Gasteiger partial charge in [0.25, 0.3) is 0 Å². The lowest BCUT2D eigenvalue weighted by molar-refractivity contribution is -0.368. The maximum Gasteiger partial charge on any atom is 0.337 e. The number of carboxylic acid groups (broad SMARTS) is 1. The number of hydrogen-bond acceptors (Lipinski definition) is 8. The van der Waals surface area contributed by atoms with E-state index in [1.807, 2.05) is 0 Å². The lowest BCUT2D eigenvalue weighted by atomic mass is 10.1. The highest BCUT2D eigenvalue weighted by atomic mass is 16.6. The lowest BCUT2D eigenvalue weighted by Gasteiger charge is -2.02. The Morgan fingerprint density at radius 3 is 1.92 bits per heavy atom. The third-order valence-electron chi connectivity index (χ3n) is 3.32. The zero-order valence-electron chi connectivity index (χ0n) is 13.9. The first-order chi connectivity index (χ1) is 11.3. The van der Waals surface area contributed by atoms with Gasteiger partial charge in [-0.2, -0.15) is 0 Å². The van der Waals surface area contributed by atoms with Gasteiger partial charge in [-0.25, -0.2) is 19.6 Å². The Kier molecular flexibility index (Phi) is 8.03. The van der Waals surface area contributed by atoms with Gasteiger partial charge in [0.2, 0.25) is 0 Å². The summed E-state index contributed by atoms with van der Waals surface area (Å²) < 4.78 is 9.40. The molecule has 0 saturated carbocycles. The molecule has 2 atom stereocenters. The van der Waals surface area contributed by atoms with E-state index in [2.05, 4.69) is 20.5 Å².